The van der Waals surface area contributed by atoms with E-state index in [1.54, 1.807) is 13.2 Å². The lowest BCUT2D eigenvalue weighted by Crippen LogP contribution is -2.45. The van der Waals surface area contributed by atoms with Crippen LogP contribution >= 0.6 is 24.8 Å². The Morgan fingerprint density at radius 2 is 1.95 bits per heavy atom. The van der Waals surface area contributed by atoms with E-state index in [1.165, 1.54) is 6.07 Å². The maximum absolute atomic E-state index is 14.2. The molecule has 1 aromatic rings. The molecule has 0 unspecified atom stereocenters. The molecule has 0 aromatic heterocycles. The minimum Gasteiger partial charge on any atom is -0.497 e. The topological polar surface area (TPSA) is 24.5 Å². The van der Waals surface area contributed by atoms with Crippen LogP contribution in [0.25, 0.3) is 0 Å². The first kappa shape index (κ1) is 21.4. The summed E-state index contributed by atoms with van der Waals surface area (Å²) in [5, 5.41) is 3.35. The number of nitrogens with one attached hydrogen (secondary N) is 1. The van der Waals surface area contributed by atoms with Gasteiger partial charge in [0.1, 0.15) is 11.6 Å². The van der Waals surface area contributed by atoms with Crippen LogP contribution in [0.4, 0.5) is 4.39 Å². The van der Waals surface area contributed by atoms with Crippen LogP contribution in [0.15, 0.2) is 18.2 Å². The molecule has 128 valence electrons. The molecule has 22 heavy (non-hydrogen) atoms. The van der Waals surface area contributed by atoms with Gasteiger partial charge in [-0.1, -0.05) is 19.8 Å². The molecular weight excluding hydrogens is 326 g/mol. The van der Waals surface area contributed by atoms with Crippen LogP contribution in [0.3, 0.4) is 0 Å². The van der Waals surface area contributed by atoms with Gasteiger partial charge in [-0.25, -0.2) is 4.39 Å². The van der Waals surface area contributed by atoms with E-state index < -0.39 is 0 Å². The van der Waals surface area contributed by atoms with Crippen molar-refractivity contribution >= 4 is 24.8 Å². The molecule has 1 aliphatic heterocycles. The van der Waals surface area contributed by atoms with Crippen LogP contribution in [0.1, 0.15) is 37.8 Å². The van der Waals surface area contributed by atoms with E-state index in [0.29, 0.717) is 0 Å². The van der Waals surface area contributed by atoms with E-state index in [-0.39, 0.29) is 36.7 Å². The van der Waals surface area contributed by atoms with E-state index in [0.717, 1.165) is 56.8 Å². The van der Waals surface area contributed by atoms with Crippen molar-refractivity contribution in [3.05, 3.63) is 29.6 Å². The largest absolute Gasteiger partial charge is 0.497 e. The quantitative estimate of drug-likeness (QED) is 0.842. The Bertz CT molecular complexity index is 429. The molecule has 1 fully saturated rings. The lowest BCUT2D eigenvalue weighted by Gasteiger charge is -2.35. The summed E-state index contributed by atoms with van der Waals surface area (Å²) in [6, 6.07) is 5.23. The fourth-order valence-corrected chi connectivity index (χ4v) is 2.83. The predicted molar refractivity (Wildman–Crippen MR) is 94.2 cm³/mol. The SMILES string of the molecule is CCCC[C@@H](c1cc(OC)ccc1F)N1CCNCC1.Cl.Cl. The van der Waals surface area contributed by atoms with E-state index >= 15 is 0 Å². The summed E-state index contributed by atoms with van der Waals surface area (Å²) in [6.45, 7) is 6.09. The van der Waals surface area contributed by atoms with E-state index in [2.05, 4.69) is 17.1 Å². The van der Waals surface area contributed by atoms with E-state index in [9.17, 15) is 4.39 Å². The number of nitrogens with zero attached hydrogens (tertiary/aromatic N) is 1. The standard InChI is InChI=1S/C16H25FN2O.2ClH/c1-3-4-5-16(19-10-8-18-9-11-19)14-12-13(20-2)6-7-15(14)17;;/h6-7,12,16,18H,3-5,8-11H2,1-2H3;2*1H/t16-;;/m0../s1. The molecule has 1 aromatic carbocycles. The smallest absolute Gasteiger partial charge is 0.128 e. The maximum atomic E-state index is 14.2. The third-order valence-electron chi connectivity index (χ3n) is 3.99. The number of hydrogen-bond donors (Lipinski definition) is 1. The zero-order chi connectivity index (χ0) is 14.4. The van der Waals surface area contributed by atoms with Crippen molar-refractivity contribution in [1.29, 1.82) is 0 Å². The number of piperazine rings is 1. The first-order valence-electron chi connectivity index (χ1n) is 7.54. The summed E-state index contributed by atoms with van der Waals surface area (Å²) >= 11 is 0. The Kier molecular flexibility index (Phi) is 10.8. The second kappa shape index (κ2) is 11.1. The number of methoxy groups -OCH3 is 1. The minimum atomic E-state index is -0.120. The summed E-state index contributed by atoms with van der Waals surface area (Å²) in [5.41, 5.74) is 0.778. The monoisotopic (exact) mass is 352 g/mol. The summed E-state index contributed by atoms with van der Waals surface area (Å²) in [6.07, 6.45) is 3.25. The van der Waals surface area contributed by atoms with Gasteiger partial charge in [-0.05, 0) is 24.6 Å². The molecule has 0 radical (unpaired) electrons. The highest BCUT2D eigenvalue weighted by molar-refractivity contribution is 5.85. The number of benzene rings is 1. The van der Waals surface area contributed by atoms with Crippen molar-refractivity contribution < 1.29 is 9.13 Å². The number of unbranched alkanes of at least 4 members (excludes halogenated alkanes) is 1. The molecule has 1 atom stereocenters. The lowest BCUT2D eigenvalue weighted by molar-refractivity contribution is 0.160. The Morgan fingerprint density at radius 1 is 1.27 bits per heavy atom. The van der Waals surface area contributed by atoms with Crippen molar-refractivity contribution in [2.75, 3.05) is 33.3 Å². The highest BCUT2D eigenvalue weighted by Crippen LogP contribution is 2.31. The van der Waals surface area contributed by atoms with Gasteiger partial charge < -0.3 is 10.1 Å². The van der Waals surface area contributed by atoms with Gasteiger partial charge in [-0.2, -0.15) is 0 Å². The zero-order valence-corrected chi connectivity index (χ0v) is 14.9. The van der Waals surface area contributed by atoms with Crippen LogP contribution in [0.5, 0.6) is 5.75 Å². The van der Waals surface area contributed by atoms with E-state index in [1.807, 2.05) is 6.07 Å². The lowest BCUT2D eigenvalue weighted by atomic mass is 9.98. The van der Waals surface area contributed by atoms with Gasteiger partial charge in [0.05, 0.1) is 7.11 Å². The van der Waals surface area contributed by atoms with Gasteiger partial charge in [0, 0.05) is 37.8 Å². The molecule has 1 saturated heterocycles. The number of hydrogen-bond acceptors (Lipinski definition) is 3. The zero-order valence-electron chi connectivity index (χ0n) is 13.3. The highest BCUT2D eigenvalue weighted by Gasteiger charge is 2.24. The van der Waals surface area contributed by atoms with Crippen LogP contribution in [0, 0.1) is 5.82 Å². The maximum Gasteiger partial charge on any atom is 0.128 e. The molecule has 0 saturated carbocycles. The Balaban J connectivity index is 0.00000220. The van der Waals surface area contributed by atoms with Gasteiger partial charge in [-0.3, -0.25) is 4.90 Å². The molecule has 0 aliphatic carbocycles. The van der Waals surface area contributed by atoms with Crippen molar-refractivity contribution in [2.24, 2.45) is 0 Å². The Labute approximate surface area is 145 Å². The molecule has 2 rings (SSSR count). The van der Waals surface area contributed by atoms with Crippen LogP contribution in [-0.4, -0.2) is 38.2 Å². The van der Waals surface area contributed by atoms with Crippen molar-refractivity contribution in [3.8, 4) is 5.75 Å². The number of halogens is 3. The summed E-state index contributed by atoms with van der Waals surface area (Å²) in [4.78, 5) is 2.39. The average molecular weight is 353 g/mol. The number of rotatable bonds is 6. The minimum absolute atomic E-state index is 0. The van der Waals surface area contributed by atoms with Crippen molar-refractivity contribution in [2.45, 2.75) is 32.2 Å². The molecule has 1 aliphatic rings. The fourth-order valence-electron chi connectivity index (χ4n) is 2.83. The van der Waals surface area contributed by atoms with Gasteiger partial charge in [0.25, 0.3) is 0 Å². The summed E-state index contributed by atoms with van der Waals surface area (Å²) in [7, 11) is 1.63. The third-order valence-corrected chi connectivity index (χ3v) is 3.99. The van der Waals surface area contributed by atoms with Gasteiger partial charge in [0.15, 0.2) is 0 Å². The Morgan fingerprint density at radius 3 is 2.55 bits per heavy atom. The van der Waals surface area contributed by atoms with Crippen LogP contribution < -0.4 is 10.1 Å². The van der Waals surface area contributed by atoms with Crippen molar-refractivity contribution in [3.63, 3.8) is 0 Å². The third kappa shape index (κ3) is 5.58. The second-order valence-electron chi connectivity index (χ2n) is 5.33. The van der Waals surface area contributed by atoms with Gasteiger partial charge >= 0.3 is 0 Å². The molecule has 0 bridgehead atoms. The summed E-state index contributed by atoms with van der Waals surface area (Å²) in [5.74, 6) is 0.614. The average Bonchev–Trinajstić information content (AvgIpc) is 2.50. The van der Waals surface area contributed by atoms with E-state index in [4.69, 9.17) is 4.74 Å². The van der Waals surface area contributed by atoms with Gasteiger partial charge in [0.2, 0.25) is 0 Å². The van der Waals surface area contributed by atoms with Crippen molar-refractivity contribution in [1.82, 2.24) is 10.2 Å². The fraction of sp³-hybridized carbons (Fsp3) is 0.625. The normalized spacial score (nSPS) is 16.3. The Hall–Kier alpha value is -0.550. The molecule has 6 heteroatoms. The first-order valence-corrected chi connectivity index (χ1v) is 7.54. The second-order valence-corrected chi connectivity index (χ2v) is 5.33. The summed E-state index contributed by atoms with van der Waals surface area (Å²) < 4.78 is 19.5. The van der Waals surface area contributed by atoms with Crippen LogP contribution in [-0.2, 0) is 0 Å². The highest BCUT2D eigenvalue weighted by atomic mass is 35.5. The number of ether oxygens (including phenoxy) is 1. The molecular formula is C16H27Cl2FN2O. The predicted octanol–water partition coefficient (Wildman–Crippen LogP) is 3.81. The molecule has 3 nitrogen and oxygen atoms in total. The molecule has 0 spiro atoms. The molecule has 1 N–H and O–H groups in total. The molecule has 0 amide bonds. The van der Waals surface area contributed by atoms with Gasteiger partial charge in [-0.15, -0.1) is 24.8 Å². The molecule has 1 heterocycles. The van der Waals surface area contributed by atoms with Crippen LogP contribution in [0.2, 0.25) is 0 Å². The first-order chi connectivity index (χ1) is 9.76.